The Hall–Kier alpha value is -1.96. The van der Waals surface area contributed by atoms with Crippen molar-refractivity contribution in [1.29, 1.82) is 0 Å². The molecule has 0 aliphatic carbocycles. The van der Waals surface area contributed by atoms with Gasteiger partial charge in [-0.2, -0.15) is 18.2 Å². The van der Waals surface area contributed by atoms with E-state index in [-0.39, 0.29) is 17.3 Å². The first kappa shape index (κ1) is 15.4. The van der Waals surface area contributed by atoms with E-state index in [2.05, 4.69) is 10.1 Å². The lowest BCUT2D eigenvalue weighted by Crippen LogP contribution is -2.33. The smallest absolute Gasteiger partial charge is 0.383 e. The van der Waals surface area contributed by atoms with E-state index in [9.17, 15) is 17.6 Å². The molecule has 1 N–H and O–H groups in total. The summed E-state index contributed by atoms with van der Waals surface area (Å²) in [6.45, 7) is 2.77. The zero-order valence-electron chi connectivity index (χ0n) is 11.1. The van der Waals surface area contributed by atoms with E-state index < -0.39 is 24.0 Å². The molecule has 0 aliphatic heterocycles. The fourth-order valence-electron chi connectivity index (χ4n) is 1.82. The van der Waals surface area contributed by atoms with E-state index in [1.165, 1.54) is 6.07 Å². The third kappa shape index (κ3) is 3.38. The van der Waals surface area contributed by atoms with Crippen molar-refractivity contribution in [2.24, 2.45) is 0 Å². The summed E-state index contributed by atoms with van der Waals surface area (Å²) in [6, 6.07) is 4.01. The molecule has 0 bridgehead atoms. The topological polar surface area (TPSA) is 59.2 Å². The lowest BCUT2D eigenvalue weighted by molar-refractivity contribution is -0.210. The lowest BCUT2D eigenvalue weighted by atomic mass is 10.0. The van der Waals surface area contributed by atoms with Gasteiger partial charge in [-0.3, -0.25) is 0 Å². The van der Waals surface area contributed by atoms with Gasteiger partial charge in [0.2, 0.25) is 11.7 Å². The van der Waals surface area contributed by atoms with Crippen LogP contribution < -0.4 is 0 Å². The molecule has 1 aromatic carbocycles. The maximum absolute atomic E-state index is 13.3. The number of hydrogen-bond acceptors (Lipinski definition) is 4. The van der Waals surface area contributed by atoms with Gasteiger partial charge in [0.1, 0.15) is 5.82 Å². The number of hydrogen-bond donors (Lipinski definition) is 1. The van der Waals surface area contributed by atoms with Gasteiger partial charge in [-0.25, -0.2) is 4.39 Å². The molecule has 0 saturated carbocycles. The average Bonchev–Trinajstić information content (AvgIpc) is 2.84. The van der Waals surface area contributed by atoms with Crippen molar-refractivity contribution in [1.82, 2.24) is 10.1 Å². The zero-order valence-corrected chi connectivity index (χ0v) is 11.1. The van der Waals surface area contributed by atoms with E-state index in [1.807, 2.05) is 0 Å². The summed E-state index contributed by atoms with van der Waals surface area (Å²) in [5.41, 5.74) is 0.899. The van der Waals surface area contributed by atoms with E-state index in [0.717, 1.165) is 13.0 Å². The van der Waals surface area contributed by atoms with Gasteiger partial charge in [-0.1, -0.05) is 12.1 Å². The lowest BCUT2D eigenvalue weighted by Gasteiger charge is -2.17. The molecule has 0 radical (unpaired) electrons. The summed E-state index contributed by atoms with van der Waals surface area (Å²) in [6.07, 6.45) is -7.40. The van der Waals surface area contributed by atoms with Gasteiger partial charge in [0.05, 0.1) is 5.92 Å². The van der Waals surface area contributed by atoms with Gasteiger partial charge in [0, 0.05) is 5.56 Å². The third-order valence-electron chi connectivity index (χ3n) is 2.94. The molecule has 21 heavy (non-hydrogen) atoms. The van der Waals surface area contributed by atoms with Crippen LogP contribution in [0.1, 0.15) is 24.3 Å². The Morgan fingerprint density at radius 1 is 1.24 bits per heavy atom. The van der Waals surface area contributed by atoms with Crippen LogP contribution in [0.5, 0.6) is 0 Å². The number of rotatable bonds is 3. The quantitative estimate of drug-likeness (QED) is 0.885. The predicted octanol–water partition coefficient (Wildman–Crippen LogP) is 3.21. The Morgan fingerprint density at radius 2 is 1.90 bits per heavy atom. The highest BCUT2D eigenvalue weighted by molar-refractivity contribution is 5.55. The van der Waals surface area contributed by atoms with Crippen LogP contribution in [0.3, 0.4) is 0 Å². The molecule has 1 heterocycles. The van der Waals surface area contributed by atoms with Crippen molar-refractivity contribution in [3.05, 3.63) is 35.5 Å². The van der Waals surface area contributed by atoms with Crippen LogP contribution in [0.25, 0.3) is 11.4 Å². The number of benzene rings is 1. The second kappa shape index (κ2) is 5.44. The van der Waals surface area contributed by atoms with E-state index >= 15 is 0 Å². The summed E-state index contributed by atoms with van der Waals surface area (Å²) in [7, 11) is 0. The highest BCUT2D eigenvalue weighted by atomic mass is 19.4. The van der Waals surface area contributed by atoms with Gasteiger partial charge < -0.3 is 9.63 Å². The summed E-state index contributed by atoms with van der Waals surface area (Å²) in [5, 5.41) is 12.7. The second-order valence-electron chi connectivity index (χ2n) is 4.75. The van der Waals surface area contributed by atoms with Crippen LogP contribution in [0.15, 0.2) is 22.7 Å². The molecular weight excluding hydrogens is 292 g/mol. The van der Waals surface area contributed by atoms with Crippen molar-refractivity contribution < 1.29 is 27.2 Å². The van der Waals surface area contributed by atoms with Crippen LogP contribution in [0, 0.1) is 12.7 Å². The van der Waals surface area contributed by atoms with E-state index in [1.54, 1.807) is 13.0 Å². The molecule has 1 aromatic heterocycles. The molecule has 8 heteroatoms. The normalized spacial score (nSPS) is 15.0. The minimum Gasteiger partial charge on any atom is -0.383 e. The van der Waals surface area contributed by atoms with Crippen LogP contribution >= 0.6 is 0 Å². The van der Waals surface area contributed by atoms with Gasteiger partial charge in [0.15, 0.2) is 6.10 Å². The molecule has 2 aromatic rings. The Morgan fingerprint density at radius 3 is 2.48 bits per heavy atom. The fraction of sp³-hybridized carbons (Fsp3) is 0.385. The number of halogens is 4. The van der Waals surface area contributed by atoms with Crippen LogP contribution in [-0.2, 0) is 0 Å². The van der Waals surface area contributed by atoms with Crippen molar-refractivity contribution in [2.45, 2.75) is 32.0 Å². The molecule has 2 atom stereocenters. The van der Waals surface area contributed by atoms with Gasteiger partial charge in [0.25, 0.3) is 0 Å². The first-order chi connectivity index (χ1) is 9.68. The predicted molar refractivity (Wildman–Crippen MR) is 64.9 cm³/mol. The fourth-order valence-corrected chi connectivity index (χ4v) is 1.82. The Bertz CT molecular complexity index is 619. The molecule has 0 saturated heterocycles. The highest BCUT2D eigenvalue weighted by Crippen LogP contribution is 2.31. The molecule has 0 amide bonds. The maximum Gasteiger partial charge on any atom is 0.415 e. The van der Waals surface area contributed by atoms with Gasteiger partial charge >= 0.3 is 6.18 Å². The van der Waals surface area contributed by atoms with Crippen molar-refractivity contribution in [3.63, 3.8) is 0 Å². The number of aromatic nitrogens is 2. The monoisotopic (exact) mass is 304 g/mol. The summed E-state index contributed by atoms with van der Waals surface area (Å²) in [5.74, 6) is -2.33. The first-order valence-corrected chi connectivity index (χ1v) is 6.04. The largest absolute Gasteiger partial charge is 0.415 e. The van der Waals surface area contributed by atoms with Crippen LogP contribution in [0.2, 0.25) is 0 Å². The van der Waals surface area contributed by atoms with Gasteiger partial charge in [-0.15, -0.1) is 0 Å². The number of alkyl halides is 3. The van der Waals surface area contributed by atoms with Crippen molar-refractivity contribution in [3.8, 4) is 11.4 Å². The molecular formula is C13H12F4N2O2. The maximum atomic E-state index is 13.3. The van der Waals surface area contributed by atoms with Crippen molar-refractivity contribution >= 4 is 0 Å². The molecule has 0 spiro atoms. The van der Waals surface area contributed by atoms with Crippen LogP contribution in [0.4, 0.5) is 17.6 Å². The standard InChI is InChI=1S/C13H12F4N2O2/c1-6-3-8(5-9(14)4-6)11-18-12(21-19-11)7(2)10(20)13(15,16)17/h3-5,7,10,20H,1-2H3. The highest BCUT2D eigenvalue weighted by Gasteiger charge is 2.44. The number of aliphatic hydroxyl groups is 1. The van der Waals surface area contributed by atoms with Crippen molar-refractivity contribution in [2.75, 3.05) is 0 Å². The molecule has 4 nitrogen and oxygen atoms in total. The van der Waals surface area contributed by atoms with E-state index in [0.29, 0.717) is 5.56 Å². The molecule has 0 fully saturated rings. The summed E-state index contributed by atoms with van der Waals surface area (Å²) >= 11 is 0. The molecule has 2 rings (SSSR count). The summed E-state index contributed by atoms with van der Waals surface area (Å²) in [4.78, 5) is 3.79. The minimum absolute atomic E-state index is 0.0335. The number of aryl methyl sites for hydroxylation is 1. The average molecular weight is 304 g/mol. The Kier molecular flexibility index (Phi) is 3.99. The molecule has 114 valence electrons. The molecule has 2 unspecified atom stereocenters. The van der Waals surface area contributed by atoms with Crippen LogP contribution in [-0.4, -0.2) is 27.5 Å². The Balaban J connectivity index is 2.29. The Labute approximate surface area is 117 Å². The van der Waals surface area contributed by atoms with E-state index in [4.69, 9.17) is 9.63 Å². The molecule has 0 aliphatic rings. The minimum atomic E-state index is -4.79. The zero-order chi connectivity index (χ0) is 15.8. The number of aliphatic hydroxyl groups excluding tert-OH is 1. The number of nitrogens with zero attached hydrogens (tertiary/aromatic N) is 2. The second-order valence-corrected chi connectivity index (χ2v) is 4.75. The first-order valence-electron chi connectivity index (χ1n) is 6.04. The summed E-state index contributed by atoms with van der Waals surface area (Å²) < 4.78 is 55.3. The third-order valence-corrected chi connectivity index (χ3v) is 2.94. The van der Waals surface area contributed by atoms with Gasteiger partial charge in [-0.05, 0) is 30.7 Å². The SMILES string of the molecule is Cc1cc(F)cc(-c2noc(C(C)C(O)C(F)(F)F)n2)c1.